The van der Waals surface area contributed by atoms with Gasteiger partial charge in [-0.15, -0.1) is 0 Å². The molecule has 1 unspecified atom stereocenters. The van der Waals surface area contributed by atoms with Crippen molar-refractivity contribution in [2.45, 2.75) is 10.8 Å². The van der Waals surface area contributed by atoms with Gasteiger partial charge in [0.1, 0.15) is 23.0 Å². The second-order valence-corrected chi connectivity index (χ2v) is 33.4. The van der Waals surface area contributed by atoms with Crippen LogP contribution in [-0.2, 0) is 10.8 Å². The van der Waals surface area contributed by atoms with Crippen LogP contribution in [0, 0.1) is 0 Å². The number of benzene rings is 18. The minimum absolute atomic E-state index is 0.536. The molecule has 2 spiro atoms. The Labute approximate surface area is 737 Å². The molecule has 2 aliphatic heterocycles. The first-order valence-electron chi connectivity index (χ1n) is 43.3. The molecule has 4 aliphatic rings. The lowest BCUT2D eigenvalue weighted by atomic mass is 9.65. The van der Waals surface area contributed by atoms with Crippen LogP contribution in [0.5, 0.6) is 23.0 Å². The van der Waals surface area contributed by atoms with Gasteiger partial charge in [0.05, 0.1) is 33.3 Å². The molecule has 2 aliphatic carbocycles. The first-order chi connectivity index (χ1) is 63.4. The van der Waals surface area contributed by atoms with Gasteiger partial charge in [-0.05, 0) is 143 Å². The van der Waals surface area contributed by atoms with Crippen molar-refractivity contribution in [1.82, 2.24) is 39.9 Å². The van der Waals surface area contributed by atoms with Crippen molar-refractivity contribution in [1.29, 1.82) is 0 Å². The van der Waals surface area contributed by atoms with Crippen molar-refractivity contribution in [3.63, 3.8) is 0 Å². The molecule has 0 amide bonds. The average molecular weight is 1630 g/mol. The summed E-state index contributed by atoms with van der Waals surface area (Å²) in [5, 5.41) is 5.95. The maximum Gasteiger partial charge on any atom is 0.164 e. The highest BCUT2D eigenvalue weighted by atomic mass is 16.5. The third kappa shape index (κ3) is 11.2. The van der Waals surface area contributed by atoms with E-state index in [-0.39, 0.29) is 0 Å². The largest absolute Gasteiger partial charge is 0.457 e. The van der Waals surface area contributed by atoms with Gasteiger partial charge < -0.3 is 9.47 Å². The van der Waals surface area contributed by atoms with Crippen molar-refractivity contribution in [2.24, 2.45) is 0 Å². The third-order valence-electron chi connectivity index (χ3n) is 26.5. The molecule has 10 heteroatoms. The summed E-state index contributed by atoms with van der Waals surface area (Å²) in [5.74, 6) is 6.52. The molecule has 0 N–H and O–H groups in total. The number of hydrogen-bond acceptors (Lipinski definition) is 10. The summed E-state index contributed by atoms with van der Waals surface area (Å²) < 4.78 is 14.7. The van der Waals surface area contributed by atoms with Crippen molar-refractivity contribution in [3.8, 4) is 169 Å². The molecule has 0 radical (unpaired) electrons. The number of nitrogens with zero attached hydrogens (tertiary/aromatic N) is 8. The number of para-hydroxylation sites is 2. The smallest absolute Gasteiger partial charge is 0.164 e. The summed E-state index contributed by atoms with van der Waals surface area (Å²) in [6.07, 6.45) is 0. The maximum absolute atomic E-state index is 7.35. The summed E-state index contributed by atoms with van der Waals surface area (Å²) in [7, 11) is 0. The van der Waals surface area contributed by atoms with E-state index in [9.17, 15) is 0 Å². The standard InChI is InChI=1S/C118H70N8O2/c1-6-28-71(29-7-1)73-52-58-79(59-53-73)113-121-111(77-34-12-4-13-35-77)123-115(125-113)82-60-62-87-90-67-100-106(127-104-50-24-22-47-97(104)117(100)94-44-19-16-40-85(94)86-41-17-20-45-95(86)117)70-93(90)110(120-103(87)65-82)76-56-54-74(55-57-76)84-43-27-49-99-108(84)89-42-18-21-46-96(89)118(99)98-48-23-25-51-105(98)128-107-69-92-91(68-101(107)118)88-63-61-83(66-102(88)119-109(92)75-32-10-3-11-33-75)116-124-112(78-36-14-5-15-37-78)122-114(126-116)81-39-26-38-80(64-81)72-30-8-2-9-31-72/h1-70H. The monoisotopic (exact) mass is 1630 g/mol. The molecule has 4 aromatic heterocycles. The van der Waals surface area contributed by atoms with Gasteiger partial charge in [0.15, 0.2) is 34.9 Å². The summed E-state index contributed by atoms with van der Waals surface area (Å²) in [5.41, 5.74) is 29.0. The summed E-state index contributed by atoms with van der Waals surface area (Å²) in [6, 6.07) is 151. The minimum Gasteiger partial charge on any atom is -0.457 e. The lowest BCUT2D eigenvalue weighted by Gasteiger charge is -2.39. The Morgan fingerprint density at radius 1 is 0.156 bits per heavy atom. The number of pyridine rings is 2. The molecule has 0 bridgehead atoms. The average Bonchev–Trinajstić information content (AvgIpc) is 1.58. The zero-order chi connectivity index (χ0) is 84.1. The lowest BCUT2D eigenvalue weighted by molar-refractivity contribution is 0.437. The second kappa shape index (κ2) is 28.8. The van der Waals surface area contributed by atoms with E-state index < -0.39 is 10.8 Å². The second-order valence-electron chi connectivity index (χ2n) is 33.4. The van der Waals surface area contributed by atoms with E-state index >= 15 is 0 Å². The maximum atomic E-state index is 7.35. The zero-order valence-corrected chi connectivity index (χ0v) is 68.8. The predicted molar refractivity (Wildman–Crippen MR) is 513 cm³/mol. The van der Waals surface area contributed by atoms with Crippen molar-refractivity contribution in [2.75, 3.05) is 0 Å². The fraction of sp³-hybridized carbons (Fsp3) is 0.0169. The number of ether oxygens (including phenoxy) is 2. The summed E-state index contributed by atoms with van der Waals surface area (Å²) in [6.45, 7) is 0. The van der Waals surface area contributed by atoms with Gasteiger partial charge >= 0.3 is 0 Å². The van der Waals surface area contributed by atoms with E-state index in [0.717, 1.165) is 195 Å². The Balaban J connectivity index is 0.643. The quantitative estimate of drug-likeness (QED) is 0.116. The van der Waals surface area contributed by atoms with Crippen LogP contribution in [0.1, 0.15) is 44.5 Å². The van der Waals surface area contributed by atoms with E-state index in [1.807, 2.05) is 60.7 Å². The normalized spacial score (nSPS) is 13.8. The van der Waals surface area contributed by atoms with Gasteiger partial charge in [-0.1, -0.05) is 370 Å². The van der Waals surface area contributed by atoms with Crippen LogP contribution >= 0.6 is 0 Å². The van der Waals surface area contributed by atoms with Crippen LogP contribution < -0.4 is 9.47 Å². The van der Waals surface area contributed by atoms with Gasteiger partial charge in [0, 0.05) is 88.3 Å². The van der Waals surface area contributed by atoms with Crippen LogP contribution in [0.3, 0.4) is 0 Å². The van der Waals surface area contributed by atoms with E-state index in [1.165, 1.54) is 27.8 Å². The molecule has 18 aromatic carbocycles. The molecule has 128 heavy (non-hydrogen) atoms. The topological polar surface area (TPSA) is 122 Å². The van der Waals surface area contributed by atoms with E-state index in [0.29, 0.717) is 34.9 Å². The molecule has 0 saturated carbocycles. The van der Waals surface area contributed by atoms with Crippen LogP contribution in [0.25, 0.3) is 190 Å². The summed E-state index contributed by atoms with van der Waals surface area (Å²) in [4.78, 5) is 43.1. The molecular formula is C118H70N8O2. The molecule has 22 aromatic rings. The summed E-state index contributed by atoms with van der Waals surface area (Å²) >= 11 is 0. The molecule has 1 atom stereocenters. The Morgan fingerprint density at radius 3 is 0.953 bits per heavy atom. The van der Waals surface area contributed by atoms with Crippen molar-refractivity contribution >= 4 is 43.4 Å². The van der Waals surface area contributed by atoms with Crippen molar-refractivity contribution < 1.29 is 9.47 Å². The Hall–Kier alpha value is -17.1. The fourth-order valence-electron chi connectivity index (χ4n) is 20.8. The van der Waals surface area contributed by atoms with E-state index in [1.54, 1.807) is 0 Å². The van der Waals surface area contributed by atoms with Gasteiger partial charge in [-0.2, -0.15) is 0 Å². The molecular weight excluding hydrogens is 1560 g/mol. The number of rotatable bonds is 11. The number of fused-ring (bicyclic) bond motifs is 24. The molecule has 0 fully saturated rings. The van der Waals surface area contributed by atoms with Gasteiger partial charge in [0.2, 0.25) is 0 Å². The van der Waals surface area contributed by atoms with E-state index in [2.05, 4.69) is 364 Å². The zero-order valence-electron chi connectivity index (χ0n) is 68.8. The molecule has 26 rings (SSSR count). The highest BCUT2D eigenvalue weighted by molar-refractivity contribution is 6.15. The van der Waals surface area contributed by atoms with Crippen molar-refractivity contribution in [3.05, 3.63) is 469 Å². The van der Waals surface area contributed by atoms with Crippen LogP contribution in [-0.4, -0.2) is 39.9 Å². The molecule has 6 heterocycles. The molecule has 594 valence electrons. The first kappa shape index (κ1) is 72.5. The number of hydrogen-bond donors (Lipinski definition) is 0. The van der Waals surface area contributed by atoms with Gasteiger partial charge in [0.25, 0.3) is 0 Å². The highest BCUT2D eigenvalue weighted by Crippen LogP contribution is 2.66. The Kier molecular flexibility index (Phi) is 16.3. The predicted octanol–water partition coefficient (Wildman–Crippen LogP) is 28.7. The molecule has 0 saturated heterocycles. The highest BCUT2D eigenvalue weighted by Gasteiger charge is 2.54. The van der Waals surface area contributed by atoms with Crippen LogP contribution in [0.2, 0.25) is 0 Å². The van der Waals surface area contributed by atoms with Crippen LogP contribution in [0.4, 0.5) is 0 Å². The lowest BCUT2D eigenvalue weighted by Crippen LogP contribution is -2.32. The number of aromatic nitrogens is 8. The van der Waals surface area contributed by atoms with Crippen LogP contribution in [0.15, 0.2) is 425 Å². The van der Waals surface area contributed by atoms with Gasteiger partial charge in [-0.3, -0.25) is 0 Å². The minimum atomic E-state index is -0.856. The third-order valence-corrected chi connectivity index (χ3v) is 26.5. The Morgan fingerprint density at radius 2 is 0.461 bits per heavy atom. The Bertz CT molecular complexity index is 8320. The molecule has 10 nitrogen and oxygen atoms in total. The first-order valence-corrected chi connectivity index (χ1v) is 43.3. The van der Waals surface area contributed by atoms with Gasteiger partial charge in [-0.25, -0.2) is 39.9 Å². The fourth-order valence-corrected chi connectivity index (χ4v) is 20.8. The van der Waals surface area contributed by atoms with E-state index in [4.69, 9.17) is 49.3 Å². The SMILES string of the molecule is c1ccc(-c2ccc(-c3nc(-c4ccccc4)nc(-c4ccc5c(c4)nc(-c4ccc(-c6cccc7c6-c6ccccc6C76c7ccccc7Oc7cc8c(-c9ccccc9)nc9cc(-c%10nc(-c%11ccccc%11)nc(-c%11cccc(-c%12ccccc%12)c%11)n%10)ccc9c8cc76)cc4)c4cc6c(cc45)C4(c5ccccc5O6)c5ccccc5-c5ccccc54)n3)cc2)cc1.